The number of carbonyl (C=O) groups is 4. The molecule has 0 fully saturated rings. The van der Waals surface area contributed by atoms with E-state index in [9.17, 15) is 19.2 Å². The van der Waals surface area contributed by atoms with Gasteiger partial charge >= 0.3 is 12.0 Å². The number of nitrogens with one attached hydrogen (secondary N) is 3. The summed E-state index contributed by atoms with van der Waals surface area (Å²) in [7, 11) is 1.31. The summed E-state index contributed by atoms with van der Waals surface area (Å²) in [5, 5.41) is 13.7. The first kappa shape index (κ1) is 29.1. The van der Waals surface area contributed by atoms with Gasteiger partial charge in [-0.25, -0.2) is 9.59 Å². The maximum absolute atomic E-state index is 13.2. The Morgan fingerprint density at radius 2 is 1.88 bits per heavy atom. The molecule has 2 aromatic rings. The lowest BCUT2D eigenvalue weighted by Crippen LogP contribution is -2.40. The number of aryl methyl sites for hydroxylation is 1. The first-order valence-electron chi connectivity index (χ1n) is 14.2. The Morgan fingerprint density at radius 1 is 1.12 bits per heavy atom. The summed E-state index contributed by atoms with van der Waals surface area (Å²) >= 11 is 0. The minimum Gasteiger partial charge on any atom is -0.465 e. The van der Waals surface area contributed by atoms with Crippen LogP contribution in [-0.4, -0.2) is 71.3 Å². The molecule has 2 aliphatic rings. The van der Waals surface area contributed by atoms with Crippen LogP contribution in [0.2, 0.25) is 0 Å². The van der Waals surface area contributed by atoms with Crippen molar-refractivity contribution in [2.45, 2.75) is 71.4 Å². The van der Waals surface area contributed by atoms with Crippen molar-refractivity contribution in [3.63, 3.8) is 0 Å². The number of carbonyl (C=O) groups excluding carboxylic acids is 4. The molecule has 1 unspecified atom stereocenters. The third-order valence-corrected chi connectivity index (χ3v) is 7.41. The first-order valence-corrected chi connectivity index (χ1v) is 14.2. The third kappa shape index (κ3) is 7.40. The predicted molar refractivity (Wildman–Crippen MR) is 150 cm³/mol. The molecule has 0 radical (unpaired) electrons. The number of benzene rings is 1. The van der Waals surface area contributed by atoms with Crippen LogP contribution in [0.15, 0.2) is 24.3 Å². The number of ether oxygens (including phenoxy) is 1. The standard InChI is InChI=1S/C29H40N6O5/c1-19(2)13-17-35-24-12-11-22-18-23(24)26(33-35)27(37)30-14-5-16-34(15-4-6-25(36)31-22)29(39)32-21-9-7-20(8-10-21)28(38)40-3/h7-10,19,22H,4-6,11-18H2,1-3H3,(H,30,37)(H,31,36)(H,32,39). The van der Waals surface area contributed by atoms with Gasteiger partial charge in [0.05, 0.1) is 12.7 Å². The first-order chi connectivity index (χ1) is 19.2. The number of amides is 4. The number of esters is 1. The van der Waals surface area contributed by atoms with Gasteiger partial charge in [-0.2, -0.15) is 5.10 Å². The zero-order valence-corrected chi connectivity index (χ0v) is 23.6. The van der Waals surface area contributed by atoms with E-state index in [1.807, 2.05) is 4.68 Å². The van der Waals surface area contributed by atoms with Crippen LogP contribution in [0.3, 0.4) is 0 Å². The van der Waals surface area contributed by atoms with E-state index in [4.69, 9.17) is 9.84 Å². The summed E-state index contributed by atoms with van der Waals surface area (Å²) in [6, 6.07) is 6.08. The summed E-state index contributed by atoms with van der Waals surface area (Å²) in [5.41, 5.74) is 3.41. The van der Waals surface area contributed by atoms with E-state index in [2.05, 4.69) is 29.8 Å². The Labute approximate surface area is 235 Å². The molecule has 40 heavy (non-hydrogen) atoms. The lowest BCUT2D eigenvalue weighted by molar-refractivity contribution is -0.122. The molecule has 11 nitrogen and oxygen atoms in total. The van der Waals surface area contributed by atoms with Crippen molar-refractivity contribution >= 4 is 29.5 Å². The molecule has 216 valence electrons. The Balaban J connectivity index is 1.45. The summed E-state index contributed by atoms with van der Waals surface area (Å²) in [4.78, 5) is 52.4. The number of aromatic nitrogens is 2. The van der Waals surface area contributed by atoms with Crippen LogP contribution >= 0.6 is 0 Å². The molecule has 4 rings (SSSR count). The molecule has 3 N–H and O–H groups in total. The molecule has 2 bridgehead atoms. The van der Waals surface area contributed by atoms with Crippen molar-refractivity contribution in [2.24, 2.45) is 5.92 Å². The van der Waals surface area contributed by atoms with Crippen LogP contribution in [0.1, 0.15) is 78.1 Å². The zero-order chi connectivity index (χ0) is 28.6. The van der Waals surface area contributed by atoms with Gasteiger partial charge in [0.25, 0.3) is 5.91 Å². The van der Waals surface area contributed by atoms with E-state index in [1.54, 1.807) is 29.2 Å². The fourth-order valence-electron chi connectivity index (χ4n) is 5.17. The van der Waals surface area contributed by atoms with E-state index in [1.165, 1.54) is 7.11 Å². The van der Waals surface area contributed by atoms with Gasteiger partial charge in [0.2, 0.25) is 5.91 Å². The molecule has 1 aliphatic carbocycles. The highest BCUT2D eigenvalue weighted by atomic mass is 16.5. The van der Waals surface area contributed by atoms with Gasteiger partial charge < -0.3 is 25.6 Å². The summed E-state index contributed by atoms with van der Waals surface area (Å²) in [6.07, 6.45) is 4.51. The van der Waals surface area contributed by atoms with Crippen molar-refractivity contribution in [1.82, 2.24) is 25.3 Å². The largest absolute Gasteiger partial charge is 0.465 e. The fraction of sp³-hybridized carbons (Fsp3) is 0.552. The van der Waals surface area contributed by atoms with E-state index in [0.717, 1.165) is 37.1 Å². The van der Waals surface area contributed by atoms with Gasteiger partial charge in [-0.05, 0) is 68.7 Å². The zero-order valence-electron chi connectivity index (χ0n) is 23.6. The SMILES string of the molecule is COC(=O)c1ccc(NC(=O)N2CCCNC(=O)c3nn(CCC(C)C)c4c3CC(CC4)NC(=O)CCC2)cc1. The van der Waals surface area contributed by atoms with Gasteiger partial charge in [0, 0.05) is 55.6 Å². The molecule has 11 heteroatoms. The van der Waals surface area contributed by atoms with Crippen molar-refractivity contribution in [1.29, 1.82) is 0 Å². The van der Waals surface area contributed by atoms with Crippen LogP contribution in [0.4, 0.5) is 10.5 Å². The van der Waals surface area contributed by atoms with Gasteiger partial charge in [-0.15, -0.1) is 0 Å². The number of fused-ring (bicyclic) bond motifs is 1. The van der Waals surface area contributed by atoms with E-state index < -0.39 is 5.97 Å². The highest BCUT2D eigenvalue weighted by Gasteiger charge is 2.30. The van der Waals surface area contributed by atoms with Gasteiger partial charge in [0.15, 0.2) is 5.69 Å². The topological polar surface area (TPSA) is 135 Å². The summed E-state index contributed by atoms with van der Waals surface area (Å²) in [6.45, 7) is 6.29. The molecular formula is C29H40N6O5. The van der Waals surface area contributed by atoms with Crippen LogP contribution < -0.4 is 16.0 Å². The molecule has 2 heterocycles. The van der Waals surface area contributed by atoms with E-state index >= 15 is 0 Å². The maximum atomic E-state index is 13.2. The number of anilines is 1. The fourth-order valence-corrected chi connectivity index (χ4v) is 5.17. The van der Waals surface area contributed by atoms with Gasteiger partial charge in [-0.3, -0.25) is 14.3 Å². The second-order valence-corrected chi connectivity index (χ2v) is 10.9. The monoisotopic (exact) mass is 552 g/mol. The highest BCUT2D eigenvalue weighted by Crippen LogP contribution is 2.26. The number of nitrogens with zero attached hydrogens (tertiary/aromatic N) is 3. The smallest absolute Gasteiger partial charge is 0.337 e. The van der Waals surface area contributed by atoms with Crippen molar-refractivity contribution in [3.05, 3.63) is 46.8 Å². The molecule has 0 saturated carbocycles. The number of hydrogen-bond donors (Lipinski definition) is 3. The predicted octanol–water partition coefficient (Wildman–Crippen LogP) is 3.14. The quantitative estimate of drug-likeness (QED) is 0.488. The Kier molecular flexibility index (Phi) is 9.79. The lowest BCUT2D eigenvalue weighted by Gasteiger charge is -2.25. The number of hydrogen-bond acceptors (Lipinski definition) is 6. The molecule has 1 aromatic carbocycles. The third-order valence-electron chi connectivity index (χ3n) is 7.41. The number of rotatable bonds is 5. The normalized spacial score (nSPS) is 18.3. The van der Waals surface area contributed by atoms with Crippen molar-refractivity contribution < 1.29 is 23.9 Å². The minimum absolute atomic E-state index is 0.0493. The Morgan fingerprint density at radius 3 is 2.60 bits per heavy atom. The maximum Gasteiger partial charge on any atom is 0.337 e. The van der Waals surface area contributed by atoms with Gasteiger partial charge in [-0.1, -0.05) is 13.8 Å². The van der Waals surface area contributed by atoms with Crippen LogP contribution in [-0.2, 0) is 28.9 Å². The number of urea groups is 1. The Bertz CT molecular complexity index is 1220. The van der Waals surface area contributed by atoms with Crippen LogP contribution in [0, 0.1) is 5.92 Å². The second-order valence-electron chi connectivity index (χ2n) is 10.9. The molecule has 1 atom stereocenters. The van der Waals surface area contributed by atoms with Crippen molar-refractivity contribution in [2.75, 3.05) is 32.1 Å². The average molecular weight is 553 g/mol. The van der Waals surface area contributed by atoms with Gasteiger partial charge in [0.1, 0.15) is 0 Å². The van der Waals surface area contributed by atoms with Crippen LogP contribution in [0.25, 0.3) is 0 Å². The van der Waals surface area contributed by atoms with E-state index in [-0.39, 0.29) is 23.9 Å². The Hall–Kier alpha value is -3.89. The lowest BCUT2D eigenvalue weighted by atomic mass is 9.91. The molecular weight excluding hydrogens is 512 g/mol. The average Bonchev–Trinajstić information content (AvgIpc) is 3.30. The minimum atomic E-state index is -0.452. The summed E-state index contributed by atoms with van der Waals surface area (Å²) < 4.78 is 6.70. The molecule has 1 aromatic heterocycles. The summed E-state index contributed by atoms with van der Waals surface area (Å²) in [5.74, 6) is -0.201. The van der Waals surface area contributed by atoms with Crippen molar-refractivity contribution in [3.8, 4) is 0 Å². The molecule has 4 amide bonds. The second kappa shape index (κ2) is 13.5. The van der Waals surface area contributed by atoms with E-state index in [0.29, 0.717) is 68.2 Å². The molecule has 0 spiro atoms. The molecule has 0 saturated heterocycles. The highest BCUT2D eigenvalue weighted by molar-refractivity contribution is 5.94. The van der Waals surface area contributed by atoms with Crippen LogP contribution in [0.5, 0.6) is 0 Å². The number of methoxy groups -OCH3 is 1. The molecule has 1 aliphatic heterocycles.